The van der Waals surface area contributed by atoms with E-state index < -0.39 is 10.2 Å². The first-order valence-electron chi connectivity index (χ1n) is 3.64. The van der Waals surface area contributed by atoms with Gasteiger partial charge in [-0.1, -0.05) is 0 Å². The molecule has 0 aromatic rings. The van der Waals surface area contributed by atoms with Crippen LogP contribution in [0, 0.1) is 0 Å². The highest BCUT2D eigenvalue weighted by molar-refractivity contribution is 7.98. The van der Waals surface area contributed by atoms with Gasteiger partial charge in [-0.15, -0.1) is 0 Å². The van der Waals surface area contributed by atoms with E-state index >= 15 is 0 Å². The highest BCUT2D eigenvalue weighted by atomic mass is 32.2. The Kier molecular flexibility index (Phi) is 5.15. The average Bonchev–Trinajstić information content (AvgIpc) is 1.97. The van der Waals surface area contributed by atoms with Crippen LogP contribution in [0.2, 0.25) is 0 Å². The van der Waals surface area contributed by atoms with Crippen LogP contribution < -0.4 is 5.14 Å². The zero-order chi connectivity index (χ0) is 9.78. The molecule has 1 unspecified atom stereocenters. The van der Waals surface area contributed by atoms with E-state index in [9.17, 15) is 8.42 Å². The molecule has 74 valence electrons. The largest absolute Gasteiger partial charge is 0.276 e. The maximum Gasteiger partial charge on any atom is 0.276 e. The highest BCUT2D eigenvalue weighted by Gasteiger charge is 2.17. The van der Waals surface area contributed by atoms with Crippen molar-refractivity contribution in [2.24, 2.45) is 5.14 Å². The van der Waals surface area contributed by atoms with Crippen LogP contribution in [0.3, 0.4) is 0 Å². The number of nitrogens with two attached hydrogens (primary N) is 1. The molecule has 0 amide bonds. The minimum absolute atomic E-state index is 0.0209. The van der Waals surface area contributed by atoms with Gasteiger partial charge in [0, 0.05) is 13.1 Å². The monoisotopic (exact) mass is 212 g/mol. The van der Waals surface area contributed by atoms with Crippen molar-refractivity contribution in [1.29, 1.82) is 0 Å². The van der Waals surface area contributed by atoms with Crippen molar-refractivity contribution in [3.63, 3.8) is 0 Å². The molecule has 0 saturated heterocycles. The lowest BCUT2D eigenvalue weighted by molar-refractivity contribution is 0.383. The van der Waals surface area contributed by atoms with Gasteiger partial charge in [-0.05, 0) is 25.4 Å². The van der Waals surface area contributed by atoms with E-state index in [0.717, 1.165) is 12.2 Å². The normalized spacial score (nSPS) is 15.1. The second-order valence-corrected chi connectivity index (χ2v) is 5.28. The molecular weight excluding hydrogens is 196 g/mol. The summed E-state index contributed by atoms with van der Waals surface area (Å²) in [4.78, 5) is 0. The van der Waals surface area contributed by atoms with Gasteiger partial charge in [-0.2, -0.15) is 24.5 Å². The molecule has 0 aromatic carbocycles. The molecule has 0 heterocycles. The fourth-order valence-electron chi connectivity index (χ4n) is 0.721. The van der Waals surface area contributed by atoms with Crippen LogP contribution in [-0.2, 0) is 10.2 Å². The van der Waals surface area contributed by atoms with E-state index in [1.54, 1.807) is 11.8 Å². The van der Waals surface area contributed by atoms with Crippen LogP contribution in [0.15, 0.2) is 0 Å². The predicted octanol–water partition coefficient (Wildman–Crippen LogP) is 0.263. The van der Waals surface area contributed by atoms with Gasteiger partial charge in [0.2, 0.25) is 0 Å². The standard InChI is InChI=1S/C6H16N2O2S2/c1-6(4-5-11-3)8(2)12(7,9)10/h6H,4-5H2,1-3H3,(H2,7,9,10). The van der Waals surface area contributed by atoms with E-state index in [1.807, 2.05) is 13.2 Å². The smallest absolute Gasteiger partial charge is 0.216 e. The fourth-order valence-corrected chi connectivity index (χ4v) is 1.90. The molecule has 12 heavy (non-hydrogen) atoms. The molecule has 0 aromatic heterocycles. The van der Waals surface area contributed by atoms with E-state index in [1.165, 1.54) is 11.4 Å². The molecule has 0 saturated carbocycles. The molecule has 0 aliphatic heterocycles. The van der Waals surface area contributed by atoms with Crippen molar-refractivity contribution < 1.29 is 8.42 Å². The predicted molar refractivity (Wildman–Crippen MR) is 53.3 cm³/mol. The first kappa shape index (κ1) is 12.2. The Labute approximate surface area is 78.7 Å². The van der Waals surface area contributed by atoms with Crippen LogP contribution in [0.1, 0.15) is 13.3 Å². The van der Waals surface area contributed by atoms with Gasteiger partial charge in [-0.25, -0.2) is 5.14 Å². The highest BCUT2D eigenvalue weighted by Crippen LogP contribution is 2.07. The van der Waals surface area contributed by atoms with Crippen LogP contribution >= 0.6 is 11.8 Å². The third kappa shape index (κ3) is 4.30. The molecule has 0 radical (unpaired) electrons. The molecule has 4 nitrogen and oxygen atoms in total. The summed E-state index contributed by atoms with van der Waals surface area (Å²) in [6.07, 6.45) is 2.82. The lowest BCUT2D eigenvalue weighted by Gasteiger charge is -2.21. The Morgan fingerprint density at radius 2 is 2.08 bits per heavy atom. The molecule has 2 N–H and O–H groups in total. The second-order valence-electron chi connectivity index (χ2n) is 2.69. The third-order valence-corrected chi connectivity index (χ3v) is 3.57. The van der Waals surface area contributed by atoms with Crippen molar-refractivity contribution in [2.75, 3.05) is 19.1 Å². The summed E-state index contributed by atoms with van der Waals surface area (Å²) in [6.45, 7) is 1.85. The van der Waals surface area contributed by atoms with Gasteiger partial charge in [0.15, 0.2) is 0 Å². The number of nitrogens with zero attached hydrogens (tertiary/aromatic N) is 1. The van der Waals surface area contributed by atoms with Crippen molar-refractivity contribution in [2.45, 2.75) is 19.4 Å². The molecule has 0 bridgehead atoms. The van der Waals surface area contributed by atoms with Crippen LogP contribution in [0.4, 0.5) is 0 Å². The summed E-state index contributed by atoms with van der Waals surface area (Å²) in [5, 5.41) is 4.94. The van der Waals surface area contributed by atoms with Gasteiger partial charge in [0.25, 0.3) is 10.2 Å². The lowest BCUT2D eigenvalue weighted by atomic mass is 10.3. The molecule has 0 aliphatic rings. The van der Waals surface area contributed by atoms with E-state index in [-0.39, 0.29) is 6.04 Å². The SMILES string of the molecule is CSCCC(C)N(C)S(N)(=O)=O. The van der Waals surface area contributed by atoms with Gasteiger partial charge in [-0.3, -0.25) is 0 Å². The molecule has 6 heteroatoms. The van der Waals surface area contributed by atoms with Crippen LogP contribution in [-0.4, -0.2) is 37.8 Å². The summed E-state index contributed by atoms with van der Waals surface area (Å²) in [7, 11) is -2.01. The zero-order valence-corrected chi connectivity index (χ0v) is 9.28. The maximum absolute atomic E-state index is 10.8. The van der Waals surface area contributed by atoms with Gasteiger partial charge in [0.1, 0.15) is 0 Å². The lowest BCUT2D eigenvalue weighted by Crippen LogP contribution is -2.39. The molecule has 0 aliphatic carbocycles. The minimum Gasteiger partial charge on any atom is -0.216 e. The maximum atomic E-state index is 10.8. The molecule has 0 fully saturated rings. The molecular formula is C6H16N2O2S2. The number of hydrogen-bond acceptors (Lipinski definition) is 3. The summed E-state index contributed by atoms with van der Waals surface area (Å²) in [5.41, 5.74) is 0. The topological polar surface area (TPSA) is 63.4 Å². The van der Waals surface area contributed by atoms with E-state index in [4.69, 9.17) is 5.14 Å². The van der Waals surface area contributed by atoms with Crippen molar-refractivity contribution in [3.05, 3.63) is 0 Å². The van der Waals surface area contributed by atoms with Gasteiger partial charge < -0.3 is 0 Å². The Balaban J connectivity index is 4.02. The quantitative estimate of drug-likeness (QED) is 0.711. The fraction of sp³-hybridized carbons (Fsp3) is 1.00. The van der Waals surface area contributed by atoms with Crippen molar-refractivity contribution >= 4 is 22.0 Å². The van der Waals surface area contributed by atoms with Crippen molar-refractivity contribution in [3.8, 4) is 0 Å². The first-order valence-corrected chi connectivity index (χ1v) is 6.54. The van der Waals surface area contributed by atoms with Crippen LogP contribution in [0.5, 0.6) is 0 Å². The third-order valence-electron chi connectivity index (χ3n) is 1.76. The Morgan fingerprint density at radius 1 is 1.58 bits per heavy atom. The molecule has 0 spiro atoms. The molecule has 1 atom stereocenters. The average molecular weight is 212 g/mol. The van der Waals surface area contributed by atoms with Crippen molar-refractivity contribution in [1.82, 2.24) is 4.31 Å². The van der Waals surface area contributed by atoms with Crippen LogP contribution in [0.25, 0.3) is 0 Å². The summed E-state index contributed by atoms with van der Waals surface area (Å²) < 4.78 is 22.9. The zero-order valence-electron chi connectivity index (χ0n) is 7.65. The minimum atomic E-state index is -3.51. The Bertz CT molecular complexity index is 216. The van der Waals surface area contributed by atoms with E-state index in [0.29, 0.717) is 0 Å². The summed E-state index contributed by atoms with van der Waals surface area (Å²) in [6, 6.07) is -0.0209. The summed E-state index contributed by atoms with van der Waals surface area (Å²) >= 11 is 1.70. The van der Waals surface area contributed by atoms with E-state index in [2.05, 4.69) is 0 Å². The second kappa shape index (κ2) is 5.06. The number of thioether (sulfide) groups is 1. The van der Waals surface area contributed by atoms with Gasteiger partial charge >= 0.3 is 0 Å². The number of hydrogen-bond donors (Lipinski definition) is 1. The first-order chi connectivity index (χ1) is 5.39. The Morgan fingerprint density at radius 3 is 2.42 bits per heavy atom. The number of rotatable bonds is 5. The molecule has 0 rings (SSSR count). The van der Waals surface area contributed by atoms with Gasteiger partial charge in [0.05, 0.1) is 0 Å². The Hall–Kier alpha value is 0.220. The summed E-state index contributed by atoms with van der Waals surface area (Å²) in [5.74, 6) is 0.945.